The Morgan fingerprint density at radius 1 is 1.12 bits per heavy atom. The molecule has 0 saturated carbocycles. The number of carbonyl (C=O) groups is 2. The third-order valence-corrected chi connectivity index (χ3v) is 5.57. The van der Waals surface area contributed by atoms with Crippen molar-refractivity contribution in [3.05, 3.63) is 56.8 Å². The van der Waals surface area contributed by atoms with Gasteiger partial charge < -0.3 is 4.74 Å². The number of aryl methyl sites for hydroxylation is 2. The number of esters is 1. The summed E-state index contributed by atoms with van der Waals surface area (Å²) in [7, 11) is 0. The van der Waals surface area contributed by atoms with Gasteiger partial charge >= 0.3 is 5.97 Å². The number of benzene rings is 1. The molecule has 24 heavy (non-hydrogen) atoms. The van der Waals surface area contributed by atoms with Crippen LogP contribution in [0.1, 0.15) is 63.2 Å². The van der Waals surface area contributed by atoms with Crippen molar-refractivity contribution in [3.8, 4) is 0 Å². The van der Waals surface area contributed by atoms with Crippen molar-refractivity contribution in [2.75, 3.05) is 6.61 Å². The van der Waals surface area contributed by atoms with Gasteiger partial charge in [0.2, 0.25) is 0 Å². The Hall–Kier alpha value is -1.94. The van der Waals surface area contributed by atoms with Crippen LogP contribution in [0, 0.1) is 0 Å². The SMILES string of the molecule is CC(C)(C)c1ccc(C(=O)COC(=O)c2cc3c(s2)CCC3)cc1. The zero-order chi connectivity index (χ0) is 17.3. The molecule has 0 atom stereocenters. The molecule has 1 aromatic carbocycles. The van der Waals surface area contributed by atoms with Crippen LogP contribution in [0.4, 0.5) is 0 Å². The third kappa shape index (κ3) is 3.59. The second-order valence-corrected chi connectivity index (χ2v) is 8.38. The van der Waals surface area contributed by atoms with Crippen LogP contribution in [0.5, 0.6) is 0 Å². The summed E-state index contributed by atoms with van der Waals surface area (Å²) in [5.41, 5.74) is 3.05. The van der Waals surface area contributed by atoms with Gasteiger partial charge in [-0.3, -0.25) is 4.79 Å². The fourth-order valence-corrected chi connectivity index (χ4v) is 4.02. The molecule has 1 heterocycles. The molecular formula is C20H22O3S. The van der Waals surface area contributed by atoms with Crippen LogP contribution in [-0.4, -0.2) is 18.4 Å². The lowest BCUT2D eigenvalue weighted by Crippen LogP contribution is -2.15. The summed E-state index contributed by atoms with van der Waals surface area (Å²) < 4.78 is 5.20. The highest BCUT2D eigenvalue weighted by Crippen LogP contribution is 2.31. The van der Waals surface area contributed by atoms with Crippen LogP contribution >= 0.6 is 11.3 Å². The fraction of sp³-hybridized carbons (Fsp3) is 0.400. The predicted octanol–water partition coefficient (Wildman–Crippen LogP) is 4.57. The first kappa shape index (κ1) is 16.9. The van der Waals surface area contributed by atoms with Crippen LogP contribution in [0.2, 0.25) is 0 Å². The molecule has 0 spiro atoms. The minimum Gasteiger partial charge on any atom is -0.453 e. The maximum atomic E-state index is 12.2. The van der Waals surface area contributed by atoms with E-state index >= 15 is 0 Å². The third-order valence-electron chi connectivity index (χ3n) is 4.36. The molecule has 1 aliphatic rings. The number of carbonyl (C=O) groups excluding carboxylic acids is 2. The van der Waals surface area contributed by atoms with Gasteiger partial charge in [-0.25, -0.2) is 4.79 Å². The number of hydrogen-bond acceptors (Lipinski definition) is 4. The van der Waals surface area contributed by atoms with Crippen LogP contribution in [0.25, 0.3) is 0 Å². The number of ether oxygens (including phenoxy) is 1. The van der Waals surface area contributed by atoms with E-state index in [-0.39, 0.29) is 17.8 Å². The summed E-state index contributed by atoms with van der Waals surface area (Å²) in [6.07, 6.45) is 3.25. The molecule has 0 saturated heterocycles. The van der Waals surface area contributed by atoms with Gasteiger partial charge in [-0.2, -0.15) is 0 Å². The van der Waals surface area contributed by atoms with Crippen molar-refractivity contribution in [1.29, 1.82) is 0 Å². The molecule has 3 rings (SSSR count). The van der Waals surface area contributed by atoms with E-state index in [2.05, 4.69) is 20.8 Å². The lowest BCUT2D eigenvalue weighted by Gasteiger charge is -2.18. The number of rotatable bonds is 4. The van der Waals surface area contributed by atoms with Crippen molar-refractivity contribution in [1.82, 2.24) is 0 Å². The number of Topliss-reactive ketones (excluding diaryl/α,β-unsaturated/α-hetero) is 1. The Kier molecular flexibility index (Phi) is 4.59. The summed E-state index contributed by atoms with van der Waals surface area (Å²) in [5.74, 6) is -0.568. The lowest BCUT2D eigenvalue weighted by atomic mass is 9.86. The minimum absolute atomic E-state index is 0.0492. The Bertz CT molecular complexity index is 742. The highest BCUT2D eigenvalue weighted by Gasteiger charge is 2.20. The van der Waals surface area contributed by atoms with E-state index in [1.165, 1.54) is 33.8 Å². The molecule has 0 unspecified atom stereocenters. The normalized spacial score (nSPS) is 13.6. The average molecular weight is 342 g/mol. The molecule has 1 aliphatic carbocycles. The van der Waals surface area contributed by atoms with Gasteiger partial charge in [-0.05, 0) is 41.9 Å². The van der Waals surface area contributed by atoms with Gasteiger partial charge in [-0.15, -0.1) is 11.3 Å². The summed E-state index contributed by atoms with van der Waals surface area (Å²) >= 11 is 1.50. The fourth-order valence-electron chi connectivity index (χ4n) is 2.87. The van der Waals surface area contributed by atoms with E-state index in [1.54, 1.807) is 12.1 Å². The summed E-state index contributed by atoms with van der Waals surface area (Å²) in [6, 6.07) is 9.43. The van der Waals surface area contributed by atoms with Crippen molar-refractivity contribution >= 4 is 23.1 Å². The molecule has 0 fully saturated rings. The maximum absolute atomic E-state index is 12.2. The highest BCUT2D eigenvalue weighted by molar-refractivity contribution is 7.14. The van der Waals surface area contributed by atoms with Crippen molar-refractivity contribution in [3.63, 3.8) is 0 Å². The van der Waals surface area contributed by atoms with Crippen LogP contribution in [0.15, 0.2) is 30.3 Å². The van der Waals surface area contributed by atoms with E-state index < -0.39 is 5.97 Å². The smallest absolute Gasteiger partial charge is 0.348 e. The quantitative estimate of drug-likeness (QED) is 0.604. The van der Waals surface area contributed by atoms with Gasteiger partial charge in [-0.1, -0.05) is 45.0 Å². The van der Waals surface area contributed by atoms with Crippen LogP contribution in [0.3, 0.4) is 0 Å². The molecular weight excluding hydrogens is 320 g/mol. The Balaban J connectivity index is 1.59. The molecule has 0 N–H and O–H groups in total. The van der Waals surface area contributed by atoms with Crippen molar-refractivity contribution in [2.45, 2.75) is 45.4 Å². The number of thiophene rings is 1. The van der Waals surface area contributed by atoms with E-state index in [9.17, 15) is 9.59 Å². The second-order valence-electron chi connectivity index (χ2n) is 7.24. The van der Waals surface area contributed by atoms with Gasteiger partial charge in [0, 0.05) is 10.4 Å². The second kappa shape index (κ2) is 6.52. The number of ketones is 1. The van der Waals surface area contributed by atoms with Crippen LogP contribution in [-0.2, 0) is 23.0 Å². The molecule has 0 radical (unpaired) electrons. The zero-order valence-electron chi connectivity index (χ0n) is 14.3. The summed E-state index contributed by atoms with van der Waals surface area (Å²) in [4.78, 5) is 26.2. The van der Waals surface area contributed by atoms with Crippen molar-refractivity contribution < 1.29 is 14.3 Å². The standard InChI is InChI=1S/C20H22O3S/c1-20(2,3)15-9-7-13(8-10-15)16(21)12-23-19(22)18-11-14-5-4-6-17(14)24-18/h7-11H,4-6,12H2,1-3H3. The summed E-state index contributed by atoms with van der Waals surface area (Å²) in [5, 5.41) is 0. The monoisotopic (exact) mass is 342 g/mol. The number of fused-ring (bicyclic) bond motifs is 1. The zero-order valence-corrected chi connectivity index (χ0v) is 15.2. The van der Waals surface area contributed by atoms with E-state index in [4.69, 9.17) is 4.74 Å². The Morgan fingerprint density at radius 3 is 2.46 bits per heavy atom. The van der Waals surface area contributed by atoms with E-state index in [0.717, 1.165) is 12.8 Å². The average Bonchev–Trinajstić information content (AvgIpc) is 3.13. The van der Waals surface area contributed by atoms with Gasteiger partial charge in [0.15, 0.2) is 12.4 Å². The van der Waals surface area contributed by atoms with E-state index in [0.29, 0.717) is 10.4 Å². The molecule has 0 amide bonds. The van der Waals surface area contributed by atoms with Gasteiger partial charge in [0.05, 0.1) is 0 Å². The molecule has 3 nitrogen and oxygen atoms in total. The van der Waals surface area contributed by atoms with Crippen molar-refractivity contribution in [2.24, 2.45) is 0 Å². The molecule has 4 heteroatoms. The lowest BCUT2D eigenvalue weighted by molar-refractivity contribution is 0.0479. The Labute approximate surface area is 146 Å². The predicted molar refractivity (Wildman–Crippen MR) is 96.1 cm³/mol. The van der Waals surface area contributed by atoms with E-state index in [1.807, 2.05) is 18.2 Å². The topological polar surface area (TPSA) is 43.4 Å². The summed E-state index contributed by atoms with van der Waals surface area (Å²) in [6.45, 7) is 6.17. The first-order chi connectivity index (χ1) is 11.3. The molecule has 1 aromatic heterocycles. The first-order valence-electron chi connectivity index (χ1n) is 8.27. The molecule has 126 valence electrons. The molecule has 0 aliphatic heterocycles. The van der Waals surface area contributed by atoms with Crippen LogP contribution < -0.4 is 0 Å². The van der Waals surface area contributed by atoms with Gasteiger partial charge in [0.1, 0.15) is 4.88 Å². The molecule has 0 bridgehead atoms. The first-order valence-corrected chi connectivity index (χ1v) is 9.09. The highest BCUT2D eigenvalue weighted by atomic mass is 32.1. The number of hydrogen-bond donors (Lipinski definition) is 0. The molecule has 2 aromatic rings. The van der Waals surface area contributed by atoms with Gasteiger partial charge in [0.25, 0.3) is 0 Å². The maximum Gasteiger partial charge on any atom is 0.348 e. The Morgan fingerprint density at radius 2 is 1.83 bits per heavy atom. The minimum atomic E-state index is -0.394. The largest absolute Gasteiger partial charge is 0.453 e.